The second-order valence-electron chi connectivity index (χ2n) is 6.30. The Hall–Kier alpha value is -2.18. The molecule has 2 heterocycles. The number of hydrogen-bond donors (Lipinski definition) is 0. The van der Waals surface area contributed by atoms with Gasteiger partial charge in [-0.25, -0.2) is 4.98 Å². The molecule has 2 aromatic carbocycles. The van der Waals surface area contributed by atoms with Gasteiger partial charge in [0.25, 0.3) is 5.56 Å². The van der Waals surface area contributed by atoms with Gasteiger partial charge in [0, 0.05) is 17.9 Å². The fraction of sp³-hybridized carbons (Fsp3) is 0.238. The van der Waals surface area contributed by atoms with Crippen LogP contribution >= 0.6 is 23.5 Å². The minimum Gasteiger partial charge on any atom is -0.495 e. The molecule has 0 atom stereocenters. The van der Waals surface area contributed by atoms with Gasteiger partial charge >= 0.3 is 0 Å². The van der Waals surface area contributed by atoms with Gasteiger partial charge in [0.15, 0.2) is 5.16 Å². The monoisotopic (exact) mass is 396 g/mol. The van der Waals surface area contributed by atoms with E-state index >= 15 is 0 Å². The van der Waals surface area contributed by atoms with Crippen LogP contribution in [0.3, 0.4) is 0 Å². The zero-order valence-corrected chi connectivity index (χ0v) is 16.9. The molecule has 0 saturated carbocycles. The molecule has 138 valence electrons. The first-order valence-corrected chi connectivity index (χ1v) is 10.8. The van der Waals surface area contributed by atoms with Crippen LogP contribution in [0.25, 0.3) is 5.69 Å². The Bertz CT molecular complexity index is 1050. The third kappa shape index (κ3) is 3.51. The van der Waals surface area contributed by atoms with E-state index in [-0.39, 0.29) is 5.56 Å². The van der Waals surface area contributed by atoms with Gasteiger partial charge in [-0.05, 0) is 30.2 Å². The molecule has 0 aliphatic carbocycles. The molecular weight excluding hydrogens is 376 g/mol. The molecule has 6 heteroatoms. The number of ether oxygens (including phenoxy) is 1. The lowest BCUT2D eigenvalue weighted by atomic mass is 10.1. The van der Waals surface area contributed by atoms with Crippen LogP contribution in [-0.2, 0) is 12.2 Å². The van der Waals surface area contributed by atoms with Crippen LogP contribution < -0.4 is 10.3 Å². The average molecular weight is 397 g/mol. The lowest BCUT2D eigenvalue weighted by Crippen LogP contribution is -2.24. The summed E-state index contributed by atoms with van der Waals surface area (Å²) in [7, 11) is 1.62. The van der Waals surface area contributed by atoms with Crippen LogP contribution in [0.5, 0.6) is 5.75 Å². The van der Waals surface area contributed by atoms with E-state index in [1.54, 1.807) is 35.2 Å². The van der Waals surface area contributed by atoms with Crippen molar-refractivity contribution in [3.05, 3.63) is 75.7 Å². The predicted octanol–water partition coefficient (Wildman–Crippen LogP) is 4.49. The van der Waals surface area contributed by atoms with E-state index in [9.17, 15) is 4.79 Å². The lowest BCUT2D eigenvalue weighted by Gasteiger charge is -2.16. The molecule has 0 radical (unpaired) electrons. The summed E-state index contributed by atoms with van der Waals surface area (Å²) in [6.45, 7) is 2.11. The first-order chi connectivity index (χ1) is 13.2. The lowest BCUT2D eigenvalue weighted by molar-refractivity contribution is 0.411. The maximum absolute atomic E-state index is 13.3. The molecule has 0 N–H and O–H groups in total. The number of thioether (sulfide) groups is 2. The highest BCUT2D eigenvalue weighted by Crippen LogP contribution is 2.33. The SMILES string of the molecule is COc1ccccc1-n1c(SCc2ccccc2C)nc2c(c1=O)SCC2. The molecule has 0 saturated heterocycles. The van der Waals surface area contributed by atoms with Crippen LogP contribution in [0.4, 0.5) is 0 Å². The van der Waals surface area contributed by atoms with E-state index in [1.165, 1.54) is 11.1 Å². The zero-order valence-electron chi connectivity index (χ0n) is 15.3. The number of methoxy groups -OCH3 is 1. The number of aryl methyl sites for hydroxylation is 2. The van der Waals surface area contributed by atoms with Crippen molar-refractivity contribution in [2.45, 2.75) is 29.1 Å². The van der Waals surface area contributed by atoms with Gasteiger partial charge in [0.1, 0.15) is 5.75 Å². The van der Waals surface area contributed by atoms with Crippen molar-refractivity contribution in [1.82, 2.24) is 9.55 Å². The fourth-order valence-corrected chi connectivity index (χ4v) is 5.25. The summed E-state index contributed by atoms with van der Waals surface area (Å²) in [5.74, 6) is 2.34. The molecule has 27 heavy (non-hydrogen) atoms. The third-order valence-electron chi connectivity index (χ3n) is 4.61. The normalized spacial score (nSPS) is 12.8. The van der Waals surface area contributed by atoms with Gasteiger partial charge < -0.3 is 4.74 Å². The van der Waals surface area contributed by atoms with Gasteiger partial charge in [-0.15, -0.1) is 11.8 Å². The molecule has 0 fully saturated rings. The molecule has 0 spiro atoms. The first kappa shape index (κ1) is 18.2. The number of benzene rings is 2. The Morgan fingerprint density at radius 3 is 2.78 bits per heavy atom. The minimum atomic E-state index is -0.000663. The minimum absolute atomic E-state index is 0.000663. The van der Waals surface area contributed by atoms with Gasteiger partial charge in [-0.2, -0.15) is 0 Å². The predicted molar refractivity (Wildman–Crippen MR) is 112 cm³/mol. The van der Waals surface area contributed by atoms with Crippen LogP contribution in [-0.4, -0.2) is 22.4 Å². The number of nitrogens with zero attached hydrogens (tertiary/aromatic N) is 2. The molecule has 0 unspecified atom stereocenters. The first-order valence-electron chi connectivity index (χ1n) is 8.78. The number of fused-ring (bicyclic) bond motifs is 1. The Morgan fingerprint density at radius 2 is 1.96 bits per heavy atom. The highest BCUT2D eigenvalue weighted by Gasteiger charge is 2.23. The smallest absolute Gasteiger partial charge is 0.272 e. The standard InChI is InChI=1S/C21H20N2O2S2/c1-14-7-3-4-8-15(14)13-27-21-22-16-11-12-26-19(16)20(24)23(21)17-9-5-6-10-18(17)25-2/h3-10H,11-13H2,1-2H3. The average Bonchev–Trinajstić information content (AvgIpc) is 3.16. The van der Waals surface area contributed by atoms with E-state index in [0.717, 1.165) is 34.2 Å². The molecule has 1 aliphatic heterocycles. The summed E-state index contributed by atoms with van der Waals surface area (Å²) in [4.78, 5) is 18.9. The Labute approximate surface area is 167 Å². The molecule has 0 bridgehead atoms. The van der Waals surface area contributed by atoms with E-state index in [2.05, 4.69) is 19.1 Å². The topological polar surface area (TPSA) is 44.1 Å². The Balaban J connectivity index is 1.82. The van der Waals surface area contributed by atoms with Crippen molar-refractivity contribution in [2.24, 2.45) is 0 Å². The van der Waals surface area contributed by atoms with Gasteiger partial charge in [-0.3, -0.25) is 9.36 Å². The number of rotatable bonds is 5. The number of aromatic nitrogens is 2. The Morgan fingerprint density at radius 1 is 1.19 bits per heavy atom. The second kappa shape index (κ2) is 7.82. The largest absolute Gasteiger partial charge is 0.495 e. The fourth-order valence-electron chi connectivity index (χ4n) is 3.13. The van der Waals surface area contributed by atoms with Gasteiger partial charge in [0.2, 0.25) is 0 Å². The maximum atomic E-state index is 13.3. The van der Waals surface area contributed by atoms with Crippen molar-refractivity contribution in [3.8, 4) is 11.4 Å². The summed E-state index contributed by atoms with van der Waals surface area (Å²) in [5.41, 5.74) is 4.15. The van der Waals surface area contributed by atoms with Crippen LogP contribution in [0.1, 0.15) is 16.8 Å². The van der Waals surface area contributed by atoms with Crippen molar-refractivity contribution in [1.29, 1.82) is 0 Å². The molecule has 1 aromatic heterocycles. The molecular formula is C21H20N2O2S2. The number of para-hydroxylation sites is 2. The van der Waals surface area contributed by atoms with Crippen LogP contribution in [0.2, 0.25) is 0 Å². The second-order valence-corrected chi connectivity index (χ2v) is 8.34. The van der Waals surface area contributed by atoms with Gasteiger partial charge in [0.05, 0.1) is 23.4 Å². The number of hydrogen-bond acceptors (Lipinski definition) is 5. The van der Waals surface area contributed by atoms with Crippen LogP contribution in [0, 0.1) is 6.92 Å². The Kier molecular flexibility index (Phi) is 5.27. The summed E-state index contributed by atoms with van der Waals surface area (Å²) < 4.78 is 7.21. The molecule has 1 aliphatic rings. The van der Waals surface area contributed by atoms with E-state index in [4.69, 9.17) is 9.72 Å². The third-order valence-corrected chi connectivity index (χ3v) is 6.71. The highest BCUT2D eigenvalue weighted by atomic mass is 32.2. The van der Waals surface area contributed by atoms with Crippen molar-refractivity contribution in [3.63, 3.8) is 0 Å². The van der Waals surface area contributed by atoms with Crippen LogP contribution in [0.15, 0.2) is 63.4 Å². The molecule has 3 aromatic rings. The summed E-state index contributed by atoms with van der Waals surface area (Å²) in [6, 6.07) is 15.9. The van der Waals surface area contributed by atoms with E-state index in [0.29, 0.717) is 10.9 Å². The van der Waals surface area contributed by atoms with Crippen molar-refractivity contribution < 1.29 is 4.74 Å². The van der Waals surface area contributed by atoms with Crippen molar-refractivity contribution >= 4 is 23.5 Å². The van der Waals surface area contributed by atoms with Crippen molar-refractivity contribution in [2.75, 3.05) is 12.9 Å². The summed E-state index contributed by atoms with van der Waals surface area (Å²) in [6.07, 6.45) is 0.847. The maximum Gasteiger partial charge on any atom is 0.272 e. The summed E-state index contributed by atoms with van der Waals surface area (Å²) in [5, 5.41) is 0.717. The zero-order chi connectivity index (χ0) is 18.8. The quantitative estimate of drug-likeness (QED) is 0.470. The van der Waals surface area contributed by atoms with E-state index < -0.39 is 0 Å². The summed E-state index contributed by atoms with van der Waals surface area (Å²) >= 11 is 3.19. The highest BCUT2D eigenvalue weighted by molar-refractivity contribution is 7.99. The van der Waals surface area contributed by atoms with E-state index in [1.807, 2.05) is 36.4 Å². The molecule has 0 amide bonds. The van der Waals surface area contributed by atoms with Gasteiger partial charge in [-0.1, -0.05) is 48.2 Å². The molecule has 4 rings (SSSR count). The molecule has 4 nitrogen and oxygen atoms in total.